The Kier molecular flexibility index (Phi) is 2.95. The Balaban J connectivity index is 1.73. The fourth-order valence-electron chi connectivity index (χ4n) is 3.62. The van der Waals surface area contributed by atoms with Crippen LogP contribution in [0.2, 0.25) is 0 Å². The van der Waals surface area contributed by atoms with Crippen LogP contribution in [0.4, 0.5) is 0 Å². The highest BCUT2D eigenvalue weighted by Crippen LogP contribution is 2.44. The van der Waals surface area contributed by atoms with Crippen LogP contribution in [0.15, 0.2) is 72.8 Å². The highest BCUT2D eigenvalue weighted by atomic mass is 16.7. The van der Waals surface area contributed by atoms with Gasteiger partial charge in [-0.1, -0.05) is 60.7 Å². The van der Waals surface area contributed by atoms with Crippen molar-refractivity contribution >= 4 is 11.1 Å². The van der Waals surface area contributed by atoms with Crippen LogP contribution in [0.3, 0.4) is 0 Å². The van der Waals surface area contributed by atoms with E-state index in [0.29, 0.717) is 6.79 Å². The Labute approximate surface area is 141 Å². The van der Waals surface area contributed by atoms with Crippen LogP contribution in [0.5, 0.6) is 11.5 Å². The Bertz CT molecular complexity index is 955. The number of rotatable bonds is 2. The predicted octanol–water partition coefficient (Wildman–Crippen LogP) is 4.93. The van der Waals surface area contributed by atoms with Gasteiger partial charge in [-0.25, -0.2) is 0 Å². The Hall–Kier alpha value is -3.00. The van der Waals surface area contributed by atoms with Crippen molar-refractivity contribution in [3.63, 3.8) is 0 Å². The first-order valence-electron chi connectivity index (χ1n) is 8.17. The maximum atomic E-state index is 5.57. The van der Waals surface area contributed by atoms with Gasteiger partial charge in [0.1, 0.15) is 0 Å². The minimum Gasteiger partial charge on any atom is -0.454 e. The third-order valence-electron chi connectivity index (χ3n) is 4.74. The second-order valence-electron chi connectivity index (χ2n) is 6.12. The molecular formula is C22H16O2. The lowest BCUT2D eigenvalue weighted by atomic mass is 9.94. The molecule has 0 atom stereocenters. The molecule has 0 amide bonds. The van der Waals surface area contributed by atoms with Crippen LogP contribution in [-0.4, -0.2) is 6.79 Å². The first-order chi connectivity index (χ1) is 11.9. The summed E-state index contributed by atoms with van der Waals surface area (Å²) in [4.78, 5) is 0. The molecule has 2 nitrogen and oxygen atoms in total. The van der Waals surface area contributed by atoms with Gasteiger partial charge in [0.15, 0.2) is 11.5 Å². The third kappa shape index (κ3) is 2.04. The van der Waals surface area contributed by atoms with E-state index in [-0.39, 0.29) is 0 Å². The van der Waals surface area contributed by atoms with Crippen molar-refractivity contribution in [2.75, 3.05) is 6.79 Å². The lowest BCUT2D eigenvalue weighted by Crippen LogP contribution is -1.93. The van der Waals surface area contributed by atoms with Gasteiger partial charge in [-0.15, -0.1) is 0 Å². The van der Waals surface area contributed by atoms with Gasteiger partial charge < -0.3 is 9.47 Å². The summed E-state index contributed by atoms with van der Waals surface area (Å²) in [6, 6.07) is 25.5. The summed E-state index contributed by atoms with van der Waals surface area (Å²) in [6.07, 6.45) is 0.944. The molecule has 1 aliphatic heterocycles. The van der Waals surface area contributed by atoms with Crippen molar-refractivity contribution in [3.8, 4) is 11.5 Å². The molecule has 1 aliphatic carbocycles. The van der Waals surface area contributed by atoms with E-state index in [1.165, 1.54) is 33.4 Å². The van der Waals surface area contributed by atoms with Crippen molar-refractivity contribution in [1.29, 1.82) is 0 Å². The Morgan fingerprint density at radius 1 is 0.667 bits per heavy atom. The summed E-state index contributed by atoms with van der Waals surface area (Å²) in [5.41, 5.74) is 7.84. The molecule has 0 N–H and O–H groups in total. The van der Waals surface area contributed by atoms with Gasteiger partial charge in [0, 0.05) is 0 Å². The molecule has 3 aromatic rings. The smallest absolute Gasteiger partial charge is 0.231 e. The van der Waals surface area contributed by atoms with Crippen molar-refractivity contribution in [1.82, 2.24) is 0 Å². The summed E-state index contributed by atoms with van der Waals surface area (Å²) in [5.74, 6) is 1.67. The quantitative estimate of drug-likeness (QED) is 0.668. The number of ether oxygens (including phenoxy) is 2. The second kappa shape index (κ2) is 5.27. The van der Waals surface area contributed by atoms with Crippen LogP contribution in [0.1, 0.15) is 22.3 Å². The van der Waals surface area contributed by atoms with Gasteiger partial charge in [0.25, 0.3) is 0 Å². The Morgan fingerprint density at radius 3 is 2.38 bits per heavy atom. The molecule has 0 radical (unpaired) electrons. The maximum Gasteiger partial charge on any atom is 0.231 e. The number of benzene rings is 3. The summed E-state index contributed by atoms with van der Waals surface area (Å²) in [7, 11) is 0. The molecule has 0 bridgehead atoms. The topological polar surface area (TPSA) is 18.5 Å². The van der Waals surface area contributed by atoms with Crippen molar-refractivity contribution < 1.29 is 9.47 Å². The lowest BCUT2D eigenvalue weighted by Gasteiger charge is -2.10. The van der Waals surface area contributed by atoms with Gasteiger partial charge in [-0.3, -0.25) is 0 Å². The zero-order valence-corrected chi connectivity index (χ0v) is 13.2. The van der Waals surface area contributed by atoms with Crippen LogP contribution in [0.25, 0.3) is 11.1 Å². The molecule has 0 unspecified atom stereocenters. The van der Waals surface area contributed by atoms with Gasteiger partial charge in [0.2, 0.25) is 6.79 Å². The molecule has 0 saturated carbocycles. The monoisotopic (exact) mass is 312 g/mol. The van der Waals surface area contributed by atoms with E-state index in [4.69, 9.17) is 9.47 Å². The molecule has 0 fully saturated rings. The molecule has 0 spiro atoms. The number of allylic oxidation sites excluding steroid dienone is 1. The van der Waals surface area contributed by atoms with E-state index in [1.807, 2.05) is 6.07 Å². The average molecular weight is 312 g/mol. The van der Waals surface area contributed by atoms with Gasteiger partial charge in [0.05, 0.1) is 0 Å². The fourth-order valence-corrected chi connectivity index (χ4v) is 3.62. The summed E-state index contributed by atoms with van der Waals surface area (Å²) >= 11 is 0. The molecule has 3 aromatic carbocycles. The average Bonchev–Trinajstić information content (AvgIpc) is 3.26. The molecule has 1 heterocycles. The third-order valence-corrected chi connectivity index (χ3v) is 4.74. The normalized spacial score (nSPS) is 14.8. The zero-order valence-electron chi connectivity index (χ0n) is 13.2. The van der Waals surface area contributed by atoms with Gasteiger partial charge in [-0.2, -0.15) is 0 Å². The van der Waals surface area contributed by atoms with E-state index in [0.717, 1.165) is 17.9 Å². The van der Waals surface area contributed by atoms with Crippen LogP contribution in [-0.2, 0) is 6.42 Å². The van der Waals surface area contributed by atoms with E-state index in [2.05, 4.69) is 66.7 Å². The van der Waals surface area contributed by atoms with Crippen LogP contribution >= 0.6 is 0 Å². The minimum absolute atomic E-state index is 0.309. The van der Waals surface area contributed by atoms with Crippen LogP contribution < -0.4 is 9.47 Å². The summed E-state index contributed by atoms with van der Waals surface area (Å²) in [5, 5.41) is 0. The zero-order chi connectivity index (χ0) is 15.9. The van der Waals surface area contributed by atoms with E-state index in [1.54, 1.807) is 0 Å². The fraction of sp³-hybridized carbons (Fsp3) is 0.0909. The molecule has 0 aromatic heterocycles. The Morgan fingerprint density at radius 2 is 1.46 bits per heavy atom. The van der Waals surface area contributed by atoms with Gasteiger partial charge >= 0.3 is 0 Å². The van der Waals surface area contributed by atoms with Crippen LogP contribution in [0, 0.1) is 0 Å². The predicted molar refractivity (Wildman–Crippen MR) is 95.1 cm³/mol. The highest BCUT2D eigenvalue weighted by Gasteiger charge is 2.24. The maximum absolute atomic E-state index is 5.57. The molecule has 0 saturated heterocycles. The highest BCUT2D eigenvalue weighted by molar-refractivity contribution is 6.03. The molecule has 116 valence electrons. The lowest BCUT2D eigenvalue weighted by molar-refractivity contribution is 0.174. The van der Waals surface area contributed by atoms with E-state index in [9.17, 15) is 0 Å². The second-order valence-corrected chi connectivity index (χ2v) is 6.12. The summed E-state index contributed by atoms with van der Waals surface area (Å²) < 4.78 is 11.0. The SMILES string of the molecule is c1ccc(C2=C(c3ccc4c(c3)OCO4)Cc3ccccc32)cc1. The number of hydrogen-bond acceptors (Lipinski definition) is 2. The number of fused-ring (bicyclic) bond motifs is 2. The number of hydrogen-bond donors (Lipinski definition) is 0. The standard InChI is InChI=1S/C22H16O2/c1-2-6-15(7-3-1)22-18-9-5-4-8-16(18)12-19(22)17-10-11-20-21(13-17)24-14-23-20/h1-11,13H,12,14H2. The first-order valence-corrected chi connectivity index (χ1v) is 8.17. The molecule has 24 heavy (non-hydrogen) atoms. The van der Waals surface area contributed by atoms with Crippen molar-refractivity contribution in [3.05, 3.63) is 95.1 Å². The minimum atomic E-state index is 0.309. The van der Waals surface area contributed by atoms with E-state index >= 15 is 0 Å². The molecule has 2 aliphatic rings. The first kappa shape index (κ1) is 13.4. The van der Waals surface area contributed by atoms with Crippen molar-refractivity contribution in [2.24, 2.45) is 0 Å². The molecule has 5 rings (SSSR count). The van der Waals surface area contributed by atoms with E-state index < -0.39 is 0 Å². The summed E-state index contributed by atoms with van der Waals surface area (Å²) in [6.45, 7) is 0.309. The molecular weight excluding hydrogens is 296 g/mol. The van der Waals surface area contributed by atoms with Gasteiger partial charge in [-0.05, 0) is 52.0 Å². The largest absolute Gasteiger partial charge is 0.454 e. The molecule has 2 heteroatoms. The van der Waals surface area contributed by atoms with Crippen molar-refractivity contribution in [2.45, 2.75) is 6.42 Å².